The number of nitrogens with zero attached hydrogens (tertiary/aromatic N) is 4. The van der Waals surface area contributed by atoms with Crippen molar-refractivity contribution in [2.45, 2.75) is 87.4 Å². The molecule has 2 heterocycles. The fourth-order valence-corrected chi connectivity index (χ4v) is 6.94. The average Bonchev–Trinajstić information content (AvgIpc) is 2.96. The summed E-state index contributed by atoms with van der Waals surface area (Å²) in [7, 11) is 0. The van der Waals surface area contributed by atoms with E-state index < -0.39 is 0 Å². The molecule has 2 aromatic rings. The summed E-state index contributed by atoms with van der Waals surface area (Å²) in [5.41, 5.74) is 2.14. The maximum absolute atomic E-state index is 9.79. The van der Waals surface area contributed by atoms with Crippen molar-refractivity contribution in [1.29, 1.82) is 5.26 Å². The van der Waals surface area contributed by atoms with E-state index in [2.05, 4.69) is 37.0 Å². The number of anilines is 2. The fourth-order valence-electron chi connectivity index (χ4n) is 6.38. The van der Waals surface area contributed by atoms with E-state index in [1.165, 1.54) is 38.5 Å². The van der Waals surface area contributed by atoms with Crippen LogP contribution in [-0.2, 0) is 6.54 Å². The third kappa shape index (κ3) is 6.19. The van der Waals surface area contributed by atoms with Gasteiger partial charge in [-0.3, -0.25) is 0 Å². The van der Waals surface area contributed by atoms with Gasteiger partial charge in [-0.2, -0.15) is 10.2 Å². The van der Waals surface area contributed by atoms with E-state index in [-0.39, 0.29) is 11.5 Å². The topological polar surface area (TPSA) is 119 Å². The number of nitrogens with one attached hydrogen (secondary N) is 3. The van der Waals surface area contributed by atoms with E-state index in [4.69, 9.17) is 0 Å². The Bertz CT molecular complexity index is 1090. The highest BCUT2D eigenvalue weighted by atomic mass is 32.2. The van der Waals surface area contributed by atoms with Gasteiger partial charge in [-0.05, 0) is 94.4 Å². The summed E-state index contributed by atoms with van der Waals surface area (Å²) in [6, 6.07) is 6.23. The Hall–Kier alpha value is -2.41. The van der Waals surface area contributed by atoms with Gasteiger partial charge < -0.3 is 21.1 Å². The van der Waals surface area contributed by atoms with Crippen molar-refractivity contribution in [3.8, 4) is 6.07 Å². The van der Waals surface area contributed by atoms with Crippen LogP contribution in [0.15, 0.2) is 29.6 Å². The molecule has 0 amide bonds. The molecule has 9 heteroatoms. The lowest BCUT2D eigenvalue weighted by molar-refractivity contribution is 0.0271. The lowest BCUT2D eigenvalue weighted by Gasteiger charge is -2.54. The minimum atomic E-state index is -0.0793. The molecule has 0 atom stereocenters. The molecule has 0 saturated heterocycles. The van der Waals surface area contributed by atoms with Gasteiger partial charge in [0.25, 0.3) is 0 Å². The first-order valence-corrected chi connectivity index (χ1v) is 14.9. The zero-order valence-electron chi connectivity index (χ0n) is 21.8. The second-order valence-electron chi connectivity index (χ2n) is 11.3. The largest absolute Gasteiger partial charge is 0.393 e. The number of hydrogen-bond acceptors (Lipinski definition) is 9. The van der Waals surface area contributed by atoms with Crippen LogP contribution in [0.4, 0.5) is 11.8 Å². The van der Waals surface area contributed by atoms with Crippen LogP contribution in [0, 0.1) is 22.7 Å². The zero-order chi connectivity index (χ0) is 25.7. The smallest absolute Gasteiger partial charge is 0.224 e. The molecule has 0 aromatic carbocycles. The lowest BCUT2D eigenvalue weighted by Crippen LogP contribution is -2.57. The van der Waals surface area contributed by atoms with E-state index in [9.17, 15) is 10.4 Å². The van der Waals surface area contributed by atoms with E-state index in [0.29, 0.717) is 35.3 Å². The molecular formula is C28H39N7OS. The van der Waals surface area contributed by atoms with Crippen LogP contribution in [0.3, 0.4) is 0 Å². The second-order valence-corrected chi connectivity index (χ2v) is 12.1. The van der Waals surface area contributed by atoms with Crippen LogP contribution < -0.4 is 16.0 Å². The van der Waals surface area contributed by atoms with Crippen LogP contribution in [0.1, 0.15) is 75.3 Å². The number of rotatable bonds is 10. The first kappa shape index (κ1) is 26.2. The first-order valence-electron chi connectivity index (χ1n) is 13.7. The number of hydrogen-bond donors (Lipinski definition) is 4. The predicted octanol–water partition coefficient (Wildman–Crippen LogP) is 4.72. The summed E-state index contributed by atoms with van der Waals surface area (Å²) >= 11 is 1.62. The second kappa shape index (κ2) is 11.5. The van der Waals surface area contributed by atoms with Crippen molar-refractivity contribution in [3.05, 3.63) is 35.7 Å². The number of nitriles is 1. The van der Waals surface area contributed by atoms with E-state index in [0.717, 1.165) is 49.4 Å². The van der Waals surface area contributed by atoms with Crippen molar-refractivity contribution in [2.24, 2.45) is 11.3 Å². The van der Waals surface area contributed by atoms with Gasteiger partial charge in [0.15, 0.2) is 0 Å². The monoisotopic (exact) mass is 521 g/mol. The van der Waals surface area contributed by atoms with Crippen molar-refractivity contribution >= 4 is 23.5 Å². The molecule has 0 aliphatic heterocycles. The summed E-state index contributed by atoms with van der Waals surface area (Å²) in [4.78, 5) is 13.4. The van der Waals surface area contributed by atoms with Gasteiger partial charge in [-0.1, -0.05) is 6.07 Å². The Morgan fingerprint density at radius 1 is 1.08 bits per heavy atom. The Labute approximate surface area is 224 Å². The van der Waals surface area contributed by atoms with Gasteiger partial charge >= 0.3 is 0 Å². The number of fused-ring (bicyclic) bond motifs is 3. The molecule has 4 aliphatic carbocycles. The Balaban J connectivity index is 1.15. The molecule has 0 spiro atoms. The average molecular weight is 522 g/mol. The summed E-state index contributed by atoms with van der Waals surface area (Å²) in [6.45, 7) is 2.52. The molecule has 4 saturated carbocycles. The van der Waals surface area contributed by atoms with Gasteiger partial charge in [-0.15, -0.1) is 11.8 Å². The quantitative estimate of drug-likeness (QED) is 0.329. The van der Waals surface area contributed by atoms with Crippen LogP contribution in [0.25, 0.3) is 0 Å². The number of aliphatic hydroxyl groups is 1. The summed E-state index contributed by atoms with van der Waals surface area (Å²) in [6.07, 6.45) is 16.8. The van der Waals surface area contributed by atoms with Gasteiger partial charge in [0.1, 0.15) is 22.5 Å². The van der Waals surface area contributed by atoms with Crippen LogP contribution in [0.5, 0.6) is 0 Å². The molecular weight excluding hydrogens is 482 g/mol. The number of aliphatic hydroxyl groups excluding tert-OH is 1. The van der Waals surface area contributed by atoms with Crippen LogP contribution >= 0.6 is 11.8 Å². The van der Waals surface area contributed by atoms with Crippen LogP contribution in [0.2, 0.25) is 0 Å². The van der Waals surface area contributed by atoms with Gasteiger partial charge in [0, 0.05) is 30.4 Å². The van der Waals surface area contributed by atoms with E-state index >= 15 is 0 Å². The molecule has 4 N–H and O–H groups in total. The number of pyridine rings is 1. The molecule has 37 heavy (non-hydrogen) atoms. The third-order valence-electron chi connectivity index (χ3n) is 9.00. The predicted molar refractivity (Wildman–Crippen MR) is 147 cm³/mol. The summed E-state index contributed by atoms with van der Waals surface area (Å²) in [5, 5.41) is 31.2. The maximum atomic E-state index is 9.79. The highest BCUT2D eigenvalue weighted by Gasteiger charge is 2.48. The first-order chi connectivity index (χ1) is 18.0. The zero-order valence-corrected chi connectivity index (χ0v) is 22.6. The van der Waals surface area contributed by atoms with Gasteiger partial charge in [0.05, 0.1) is 12.3 Å². The minimum Gasteiger partial charge on any atom is -0.393 e. The molecule has 6 rings (SSSR count). The Kier molecular flexibility index (Phi) is 8.18. The molecule has 0 unspecified atom stereocenters. The van der Waals surface area contributed by atoms with Crippen molar-refractivity contribution in [3.63, 3.8) is 0 Å². The SMILES string of the molecule is CSc1ncccc1CNc1ncc(C#N)c(NCC23CCC(NCC4CCC(O)CC4)(CC2)CC3)n1. The molecule has 8 nitrogen and oxygen atoms in total. The molecule has 2 bridgehead atoms. The molecule has 2 aromatic heterocycles. The Morgan fingerprint density at radius 3 is 2.54 bits per heavy atom. The Morgan fingerprint density at radius 2 is 1.84 bits per heavy atom. The van der Waals surface area contributed by atoms with Crippen LogP contribution in [-0.4, -0.2) is 51.0 Å². The molecule has 4 aliphatic rings. The molecule has 198 valence electrons. The number of thioether (sulfide) groups is 1. The molecule has 4 fully saturated rings. The fraction of sp³-hybridized carbons (Fsp3) is 0.643. The standard InChI is InChI=1S/C28H39N7OS/c1-37-25-21(3-2-14-30-25)17-31-26-32-18-22(15-29)24(35-26)33-19-27-8-11-28(12-9-27,13-10-27)34-16-20-4-6-23(36)7-5-20/h2-3,14,18,20,23,34,36H,4-13,16-17,19H2,1H3,(H2,31,32,33,35). The van der Waals surface area contributed by atoms with Gasteiger partial charge in [0.2, 0.25) is 5.95 Å². The lowest BCUT2D eigenvalue weighted by atomic mass is 9.57. The number of aromatic nitrogens is 3. The third-order valence-corrected chi connectivity index (χ3v) is 9.76. The van der Waals surface area contributed by atoms with E-state index in [1.807, 2.05) is 18.4 Å². The minimum absolute atomic E-state index is 0.0793. The highest BCUT2D eigenvalue weighted by Crippen LogP contribution is 2.52. The van der Waals surface area contributed by atoms with Crippen molar-refractivity contribution in [1.82, 2.24) is 20.3 Å². The highest BCUT2D eigenvalue weighted by molar-refractivity contribution is 7.98. The van der Waals surface area contributed by atoms with Crippen molar-refractivity contribution in [2.75, 3.05) is 30.0 Å². The molecule has 0 radical (unpaired) electrons. The van der Waals surface area contributed by atoms with Gasteiger partial charge in [-0.25, -0.2) is 9.97 Å². The van der Waals surface area contributed by atoms with E-state index in [1.54, 1.807) is 24.2 Å². The summed E-state index contributed by atoms with van der Waals surface area (Å²) in [5.74, 6) is 1.84. The summed E-state index contributed by atoms with van der Waals surface area (Å²) < 4.78 is 0. The normalized spacial score (nSPS) is 29.0. The maximum Gasteiger partial charge on any atom is 0.224 e. The van der Waals surface area contributed by atoms with Crippen molar-refractivity contribution < 1.29 is 5.11 Å².